The average Bonchev–Trinajstić information content (AvgIpc) is 3.25. The van der Waals surface area contributed by atoms with E-state index in [2.05, 4.69) is 34.7 Å². The molecule has 0 aliphatic rings. The summed E-state index contributed by atoms with van der Waals surface area (Å²) in [4.78, 5) is 75.9. The van der Waals surface area contributed by atoms with Crippen LogP contribution in [-0.4, -0.2) is 134 Å². The molecule has 0 fully saturated rings. The molecule has 0 rings (SSSR count). The second-order valence-corrected chi connectivity index (χ2v) is 16.4. The normalized spacial score (nSPS) is 12.8. The third kappa shape index (κ3) is 30.7. The SMILES string of the molecule is C=CC(=O)OCCNC(=O)OCCOC(=O)C(Br)CC(CC(CC(C)(C)C(=O)OCCOCC(OC)OC)C(=O)OCCOCCC)C(=O)OCCCCCCCCCCCC. The van der Waals surface area contributed by atoms with E-state index in [9.17, 15) is 28.8 Å². The highest BCUT2D eigenvalue weighted by molar-refractivity contribution is 9.10. The minimum Gasteiger partial charge on any atom is -0.465 e. The number of halogens is 1. The maximum Gasteiger partial charge on any atom is 0.407 e. The maximum absolute atomic E-state index is 13.8. The average molecular weight is 955 g/mol. The lowest BCUT2D eigenvalue weighted by atomic mass is 9.78. The maximum atomic E-state index is 13.8. The van der Waals surface area contributed by atoms with E-state index in [4.69, 9.17) is 47.4 Å². The van der Waals surface area contributed by atoms with Crippen molar-refractivity contribution in [1.82, 2.24) is 5.32 Å². The summed E-state index contributed by atoms with van der Waals surface area (Å²) >= 11 is 3.34. The van der Waals surface area contributed by atoms with Crippen LogP contribution in [0.25, 0.3) is 0 Å². The lowest BCUT2D eigenvalue weighted by molar-refractivity contribution is -0.163. The molecule has 0 aliphatic heterocycles. The van der Waals surface area contributed by atoms with Gasteiger partial charge in [-0.3, -0.25) is 19.2 Å². The van der Waals surface area contributed by atoms with Gasteiger partial charge in [0.1, 0.15) is 37.9 Å². The van der Waals surface area contributed by atoms with Crippen molar-refractivity contribution in [3.05, 3.63) is 12.7 Å². The van der Waals surface area contributed by atoms with Crippen LogP contribution >= 0.6 is 15.9 Å². The highest BCUT2D eigenvalue weighted by Gasteiger charge is 2.39. The fourth-order valence-corrected chi connectivity index (χ4v) is 6.55. The first kappa shape index (κ1) is 58.7. The van der Waals surface area contributed by atoms with Gasteiger partial charge in [-0.2, -0.15) is 0 Å². The van der Waals surface area contributed by atoms with Crippen LogP contribution in [0.2, 0.25) is 0 Å². The lowest BCUT2D eigenvalue weighted by Crippen LogP contribution is -2.36. The monoisotopic (exact) mass is 953 g/mol. The first-order chi connectivity index (χ1) is 29.8. The summed E-state index contributed by atoms with van der Waals surface area (Å²) in [6.07, 6.45) is 11.2. The van der Waals surface area contributed by atoms with Gasteiger partial charge in [-0.05, 0) is 46.0 Å². The fraction of sp³-hybridized carbons (Fsp3) is 0.818. The van der Waals surface area contributed by atoms with Gasteiger partial charge >= 0.3 is 35.9 Å². The summed E-state index contributed by atoms with van der Waals surface area (Å²) in [7, 11) is 2.96. The van der Waals surface area contributed by atoms with Crippen LogP contribution in [-0.2, 0) is 71.3 Å². The Hall–Kier alpha value is -3.32. The molecule has 62 heavy (non-hydrogen) atoms. The Kier molecular flexibility index (Phi) is 36.1. The van der Waals surface area contributed by atoms with Crippen molar-refractivity contribution < 1.29 is 76.1 Å². The van der Waals surface area contributed by atoms with Gasteiger partial charge in [0, 0.05) is 26.9 Å². The van der Waals surface area contributed by atoms with Crippen molar-refractivity contribution in [3.63, 3.8) is 0 Å². The van der Waals surface area contributed by atoms with E-state index in [0.717, 1.165) is 31.8 Å². The number of alkyl carbamates (subject to hydrolysis) is 1. The zero-order valence-corrected chi connectivity index (χ0v) is 39.8. The minimum atomic E-state index is -1.20. The summed E-state index contributed by atoms with van der Waals surface area (Å²) in [5.41, 5.74) is -1.20. The molecule has 0 heterocycles. The molecule has 0 saturated carbocycles. The first-order valence-corrected chi connectivity index (χ1v) is 22.9. The van der Waals surface area contributed by atoms with Gasteiger partial charge in [0.15, 0.2) is 6.29 Å². The molecule has 0 bridgehead atoms. The predicted octanol–water partition coefficient (Wildman–Crippen LogP) is 6.79. The molecule has 18 heteroatoms. The number of carbonyl (C=O) groups is 6. The van der Waals surface area contributed by atoms with E-state index < -0.39 is 64.3 Å². The van der Waals surface area contributed by atoms with E-state index in [0.29, 0.717) is 13.0 Å². The molecule has 0 spiro atoms. The number of carbonyl (C=O) groups excluding carboxylic acids is 6. The van der Waals surface area contributed by atoms with Crippen molar-refractivity contribution >= 4 is 51.9 Å². The number of ether oxygens (including phenoxy) is 10. The van der Waals surface area contributed by atoms with Crippen LogP contribution in [0.15, 0.2) is 12.7 Å². The van der Waals surface area contributed by atoms with Crippen LogP contribution in [0.4, 0.5) is 4.79 Å². The molecule has 0 radical (unpaired) electrons. The Morgan fingerprint density at radius 3 is 1.77 bits per heavy atom. The molecule has 0 aromatic heterocycles. The summed E-state index contributed by atoms with van der Waals surface area (Å²) in [5.74, 6) is -5.18. The van der Waals surface area contributed by atoms with Crippen LogP contribution in [0.3, 0.4) is 0 Å². The van der Waals surface area contributed by atoms with Crippen molar-refractivity contribution in [1.29, 1.82) is 0 Å². The summed E-state index contributed by atoms with van der Waals surface area (Å²) in [6.45, 7) is 11.0. The number of alkyl halides is 1. The number of unbranched alkanes of at least 4 members (excludes halogenated alkanes) is 9. The molecule has 3 unspecified atom stereocenters. The van der Waals surface area contributed by atoms with Crippen molar-refractivity contribution in [3.8, 4) is 0 Å². The molecular weight excluding hydrogens is 878 g/mol. The largest absolute Gasteiger partial charge is 0.465 e. The topological polar surface area (TPSA) is 207 Å². The molecule has 3 atom stereocenters. The highest BCUT2D eigenvalue weighted by atomic mass is 79.9. The van der Waals surface area contributed by atoms with Gasteiger partial charge in [-0.25, -0.2) is 9.59 Å². The third-order valence-electron chi connectivity index (χ3n) is 9.44. The van der Waals surface area contributed by atoms with E-state index in [1.807, 2.05) is 6.92 Å². The van der Waals surface area contributed by atoms with Gasteiger partial charge in [0.05, 0.1) is 50.2 Å². The molecule has 360 valence electrons. The zero-order valence-electron chi connectivity index (χ0n) is 38.2. The second kappa shape index (κ2) is 38.2. The highest BCUT2D eigenvalue weighted by Crippen LogP contribution is 2.34. The summed E-state index contributed by atoms with van der Waals surface area (Å²) < 4.78 is 53.0. The molecule has 0 aromatic rings. The van der Waals surface area contributed by atoms with Crippen LogP contribution < -0.4 is 5.32 Å². The Bertz CT molecular complexity index is 1250. The lowest BCUT2D eigenvalue weighted by Gasteiger charge is -2.29. The Morgan fingerprint density at radius 2 is 1.15 bits per heavy atom. The van der Waals surface area contributed by atoms with Crippen LogP contribution in [0.5, 0.6) is 0 Å². The number of nitrogens with one attached hydrogen (secondary N) is 1. The summed E-state index contributed by atoms with van der Waals surface area (Å²) in [6, 6.07) is 0. The van der Waals surface area contributed by atoms with Crippen LogP contribution in [0, 0.1) is 17.3 Å². The molecular formula is C44H76BrNO16. The predicted molar refractivity (Wildman–Crippen MR) is 233 cm³/mol. The Balaban J connectivity index is 5.77. The van der Waals surface area contributed by atoms with Gasteiger partial charge in [-0.1, -0.05) is 94.1 Å². The first-order valence-electron chi connectivity index (χ1n) is 22.0. The molecule has 1 N–H and O–H groups in total. The number of rotatable bonds is 40. The van der Waals surface area contributed by atoms with Crippen molar-refractivity contribution in [2.75, 3.05) is 86.8 Å². The standard InChI is InChI=1S/C44H76BrNO16/c1-8-11-12-13-14-15-16-17-18-19-22-58-39(48)34(31-36(45)41(50)60-28-29-62-43(52)46-20-23-57-37(47)10-3)30-35(40(49)59-26-24-55-21-9-2)32-44(4,5)42(51)61-27-25-56-33-38(53-6)54-7/h10,34-36,38H,3,8-9,11-33H2,1-2,4-7H3,(H,46,52). The van der Waals surface area contributed by atoms with Gasteiger partial charge in [-0.15, -0.1) is 0 Å². The fourth-order valence-electron chi connectivity index (χ4n) is 5.97. The smallest absolute Gasteiger partial charge is 0.407 e. The Labute approximate surface area is 377 Å². The van der Waals surface area contributed by atoms with Gasteiger partial charge in [0.2, 0.25) is 0 Å². The van der Waals surface area contributed by atoms with Crippen molar-refractivity contribution in [2.45, 2.75) is 129 Å². The second-order valence-electron chi connectivity index (χ2n) is 15.3. The van der Waals surface area contributed by atoms with Gasteiger partial charge in [0.25, 0.3) is 0 Å². The molecule has 17 nitrogen and oxygen atoms in total. The van der Waals surface area contributed by atoms with Crippen LogP contribution in [0.1, 0.15) is 118 Å². The minimum absolute atomic E-state index is 0.00215. The van der Waals surface area contributed by atoms with E-state index >= 15 is 0 Å². The van der Waals surface area contributed by atoms with Gasteiger partial charge < -0.3 is 52.7 Å². The zero-order chi connectivity index (χ0) is 46.4. The van der Waals surface area contributed by atoms with E-state index in [-0.39, 0.29) is 85.3 Å². The number of esters is 5. The molecule has 0 aliphatic carbocycles. The third-order valence-corrected chi connectivity index (χ3v) is 10.2. The summed E-state index contributed by atoms with van der Waals surface area (Å²) in [5, 5.41) is 2.39. The number of amides is 1. The van der Waals surface area contributed by atoms with E-state index in [1.165, 1.54) is 52.7 Å². The molecule has 0 aromatic carbocycles. The number of methoxy groups -OCH3 is 2. The van der Waals surface area contributed by atoms with E-state index in [1.54, 1.807) is 13.8 Å². The number of hydrogen-bond donors (Lipinski definition) is 1. The quantitative estimate of drug-likeness (QED) is 0.0168. The van der Waals surface area contributed by atoms with Crippen molar-refractivity contribution in [2.24, 2.45) is 17.3 Å². The Morgan fingerprint density at radius 1 is 0.597 bits per heavy atom. The number of hydrogen-bond acceptors (Lipinski definition) is 16. The molecule has 1 amide bonds. The molecule has 0 saturated heterocycles.